The number of hydrazone groups is 1. The summed E-state index contributed by atoms with van der Waals surface area (Å²) in [4.78, 5) is 10.1. The smallest absolute Gasteiger partial charge is 0.171 e. The van der Waals surface area contributed by atoms with Crippen LogP contribution in [0, 0.1) is 0 Å². The molecule has 0 aromatic heterocycles. The normalized spacial score (nSPS) is 12.6. The second kappa shape index (κ2) is 12.8. The first-order valence-corrected chi connectivity index (χ1v) is 15.0. The molecule has 0 aliphatic carbocycles. The van der Waals surface area contributed by atoms with Crippen LogP contribution in [0.5, 0.6) is 34.5 Å². The van der Waals surface area contributed by atoms with Gasteiger partial charge in [0.1, 0.15) is 5.71 Å². The summed E-state index contributed by atoms with van der Waals surface area (Å²) in [7, 11) is 20.9. The Morgan fingerprint density at radius 1 is 0.458 bits per heavy atom. The number of aromatic hydroxyl groups is 6. The van der Waals surface area contributed by atoms with Gasteiger partial charge in [-0.05, 0) is 24.3 Å². The van der Waals surface area contributed by atoms with Crippen LogP contribution in [0.3, 0.4) is 0 Å². The van der Waals surface area contributed by atoms with E-state index in [2.05, 4.69) is 10.5 Å². The van der Waals surface area contributed by atoms with Gasteiger partial charge in [0.15, 0.2) is 40.2 Å². The lowest BCUT2D eigenvalue weighted by Gasteiger charge is -2.33. The fraction of sp³-hybridized carbons (Fsp3) is 0.364. The number of hydrogen-bond acceptors (Lipinski definition) is 15. The minimum absolute atomic E-state index is 0.0218. The highest BCUT2D eigenvalue weighted by Crippen LogP contribution is 2.52. The maximum Gasteiger partial charge on any atom is 0.171 e. The summed E-state index contributed by atoms with van der Waals surface area (Å²) in [6, 6.07) is 4.87. The molecule has 0 unspecified atom stereocenters. The molecule has 260 valence electrons. The van der Waals surface area contributed by atoms with Gasteiger partial charge in [-0.1, -0.05) is 0 Å². The highest BCUT2D eigenvalue weighted by molar-refractivity contribution is 6.19. The maximum atomic E-state index is 11.6. The molecule has 15 nitrogen and oxygen atoms in total. The zero-order valence-electron chi connectivity index (χ0n) is 29.6. The summed E-state index contributed by atoms with van der Waals surface area (Å²) < 4.78 is 0. The topological polar surface area (TPSA) is 168 Å². The molecule has 0 radical (unpaired) electrons. The van der Waals surface area contributed by atoms with Gasteiger partial charge >= 0.3 is 0 Å². The third-order valence-corrected chi connectivity index (χ3v) is 8.02. The Hall–Kier alpha value is -5.73. The number of nitrogens with one attached hydrogen (secondary N) is 1. The van der Waals surface area contributed by atoms with E-state index in [4.69, 9.17) is 0 Å². The van der Waals surface area contributed by atoms with Crippen LogP contribution in [0.25, 0.3) is 5.70 Å². The molecule has 0 atom stereocenters. The summed E-state index contributed by atoms with van der Waals surface area (Å²) in [6.45, 7) is 0. The number of hydrazine groups is 1. The fourth-order valence-electron chi connectivity index (χ4n) is 5.43. The molecule has 7 N–H and O–H groups in total. The highest BCUT2D eigenvalue weighted by Gasteiger charge is 2.33. The summed E-state index contributed by atoms with van der Waals surface area (Å²) >= 11 is 0. The number of benzene rings is 3. The van der Waals surface area contributed by atoms with Crippen molar-refractivity contribution >= 4 is 51.2 Å². The van der Waals surface area contributed by atoms with E-state index in [0.717, 1.165) is 5.12 Å². The second-order valence-corrected chi connectivity index (χ2v) is 12.8. The SMILES string of the molecule is CN(C)c1cc(N(C)C)c(O)c(C2=CC(c3c(O)c(N(C)C)cc(N(C)C)c3O)=NN(c3c(O)c(N(C)C)cc(N(C)C)c3O)N2)c1O. The Morgan fingerprint density at radius 2 is 0.750 bits per heavy atom. The number of rotatable bonds is 9. The van der Waals surface area contributed by atoms with Crippen LogP contribution in [0.2, 0.25) is 0 Å². The number of anilines is 7. The molecule has 0 amide bonds. The molecule has 4 rings (SSSR count). The molecular weight excluding hydrogens is 618 g/mol. The average Bonchev–Trinajstić information content (AvgIpc) is 2.96. The van der Waals surface area contributed by atoms with Crippen LogP contribution in [0.4, 0.5) is 39.8 Å². The standard InChI is InChI=1S/C33H47N9O6/c1-36(2)19-14-20(37(3)4)29(44)25(28(19)43)17-13-18(26-30(45)21(38(5)6)15-22(31(26)46)39(7)8)35-42(34-17)27-32(47)23(40(9)10)16-24(33(27)48)41(11)12/h13-16,34,43-48H,1-12H3. The molecule has 0 bridgehead atoms. The van der Waals surface area contributed by atoms with Crippen molar-refractivity contribution < 1.29 is 30.6 Å². The van der Waals surface area contributed by atoms with Gasteiger partial charge in [0.05, 0.1) is 50.9 Å². The molecule has 15 heteroatoms. The Kier molecular flexibility index (Phi) is 9.38. The van der Waals surface area contributed by atoms with Crippen molar-refractivity contribution in [1.29, 1.82) is 0 Å². The Balaban J connectivity index is 2.19. The van der Waals surface area contributed by atoms with E-state index in [-0.39, 0.29) is 62.7 Å². The molecule has 48 heavy (non-hydrogen) atoms. The van der Waals surface area contributed by atoms with Crippen molar-refractivity contribution in [2.75, 3.05) is 119 Å². The van der Waals surface area contributed by atoms with Gasteiger partial charge in [-0.3, -0.25) is 5.43 Å². The number of phenols is 6. The molecule has 3 aromatic carbocycles. The fourth-order valence-corrected chi connectivity index (χ4v) is 5.43. The first-order chi connectivity index (χ1) is 22.3. The lowest BCUT2D eigenvalue weighted by Crippen LogP contribution is -2.37. The van der Waals surface area contributed by atoms with E-state index in [1.165, 1.54) is 6.08 Å². The molecule has 1 heterocycles. The monoisotopic (exact) mass is 665 g/mol. The van der Waals surface area contributed by atoms with Gasteiger partial charge in [0.2, 0.25) is 0 Å². The van der Waals surface area contributed by atoms with E-state index in [1.807, 2.05) is 0 Å². The predicted octanol–water partition coefficient (Wildman–Crippen LogP) is 3.09. The largest absolute Gasteiger partial charge is 0.505 e. The van der Waals surface area contributed by atoms with Gasteiger partial charge in [0, 0.05) is 84.6 Å². The van der Waals surface area contributed by atoms with Crippen LogP contribution in [-0.4, -0.2) is 121 Å². The van der Waals surface area contributed by atoms with Crippen LogP contribution in [-0.2, 0) is 0 Å². The predicted molar refractivity (Wildman–Crippen MR) is 195 cm³/mol. The maximum absolute atomic E-state index is 11.6. The van der Waals surface area contributed by atoms with Gasteiger partial charge in [-0.25, -0.2) is 0 Å². The Bertz CT molecular complexity index is 1700. The molecular formula is C33H47N9O6. The summed E-state index contributed by atoms with van der Waals surface area (Å²) in [5, 5.41) is 75.4. The number of phenolic OH excluding ortho intramolecular Hbond substituents is 6. The van der Waals surface area contributed by atoms with Crippen LogP contribution in [0.1, 0.15) is 11.1 Å². The Labute approximate surface area is 281 Å². The number of allylic oxidation sites excluding steroid dienone is 1. The zero-order valence-corrected chi connectivity index (χ0v) is 29.6. The van der Waals surface area contributed by atoms with Gasteiger partial charge in [-0.2, -0.15) is 10.2 Å². The van der Waals surface area contributed by atoms with Crippen LogP contribution >= 0.6 is 0 Å². The first-order valence-electron chi connectivity index (χ1n) is 15.0. The molecule has 0 saturated carbocycles. The quantitative estimate of drug-likeness (QED) is 0.178. The molecule has 0 fully saturated rings. The van der Waals surface area contributed by atoms with Crippen molar-refractivity contribution in [2.45, 2.75) is 0 Å². The summed E-state index contributed by atoms with van der Waals surface area (Å²) in [6.07, 6.45) is 1.45. The van der Waals surface area contributed by atoms with E-state index in [0.29, 0.717) is 34.1 Å². The van der Waals surface area contributed by atoms with Crippen LogP contribution in [0.15, 0.2) is 29.4 Å². The lowest BCUT2D eigenvalue weighted by molar-refractivity contribution is 0.445. The zero-order chi connectivity index (χ0) is 36.1. The van der Waals surface area contributed by atoms with E-state index < -0.39 is 0 Å². The van der Waals surface area contributed by atoms with Gasteiger partial charge in [-0.15, -0.1) is 0 Å². The molecule has 0 spiro atoms. The first kappa shape index (κ1) is 35.1. The number of hydrogen-bond donors (Lipinski definition) is 7. The Morgan fingerprint density at radius 3 is 1.06 bits per heavy atom. The minimum Gasteiger partial charge on any atom is -0.505 e. The summed E-state index contributed by atoms with van der Waals surface area (Å²) in [5.41, 5.74) is 5.04. The molecule has 1 aliphatic rings. The lowest BCUT2D eigenvalue weighted by atomic mass is 9.99. The third-order valence-electron chi connectivity index (χ3n) is 8.02. The average molecular weight is 666 g/mol. The molecule has 1 aliphatic heterocycles. The minimum atomic E-state index is -0.339. The van der Waals surface area contributed by atoms with Crippen LogP contribution < -0.4 is 39.9 Å². The highest BCUT2D eigenvalue weighted by atomic mass is 16.3. The second-order valence-electron chi connectivity index (χ2n) is 12.8. The van der Waals surface area contributed by atoms with E-state index in [1.54, 1.807) is 132 Å². The number of nitrogens with zero attached hydrogens (tertiary/aromatic N) is 8. The van der Waals surface area contributed by atoms with Gasteiger partial charge < -0.3 is 60.0 Å². The molecule has 3 aromatic rings. The third kappa shape index (κ3) is 5.94. The van der Waals surface area contributed by atoms with Crippen molar-refractivity contribution in [3.63, 3.8) is 0 Å². The molecule has 0 saturated heterocycles. The summed E-state index contributed by atoms with van der Waals surface area (Å²) in [5.74, 6) is -1.83. The van der Waals surface area contributed by atoms with E-state index in [9.17, 15) is 30.6 Å². The van der Waals surface area contributed by atoms with Crippen molar-refractivity contribution in [2.24, 2.45) is 5.10 Å². The van der Waals surface area contributed by atoms with E-state index >= 15 is 0 Å². The van der Waals surface area contributed by atoms with Crippen molar-refractivity contribution in [3.05, 3.63) is 35.4 Å². The van der Waals surface area contributed by atoms with Crippen molar-refractivity contribution in [3.8, 4) is 34.5 Å². The van der Waals surface area contributed by atoms with Gasteiger partial charge in [0.25, 0.3) is 0 Å². The van der Waals surface area contributed by atoms with Crippen molar-refractivity contribution in [1.82, 2.24) is 5.43 Å².